The molecule has 6 heteroatoms. The zero-order valence-electron chi connectivity index (χ0n) is 26.6. The molecule has 0 amide bonds. The number of nitrogens with zero attached hydrogens (tertiary/aromatic N) is 1. The van der Waals surface area contributed by atoms with E-state index in [0.29, 0.717) is 49.5 Å². The van der Waals surface area contributed by atoms with Gasteiger partial charge < -0.3 is 23.8 Å². The Balaban J connectivity index is 1.32. The van der Waals surface area contributed by atoms with Crippen molar-refractivity contribution in [2.75, 3.05) is 6.61 Å². The van der Waals surface area contributed by atoms with Crippen molar-refractivity contribution in [1.82, 2.24) is 5.06 Å². The third-order valence-corrected chi connectivity index (χ3v) is 8.20. The number of hydroxylamine groups is 2. The van der Waals surface area contributed by atoms with Crippen molar-refractivity contribution in [3.05, 3.63) is 209 Å². The van der Waals surface area contributed by atoms with Gasteiger partial charge in [-0.2, -0.15) is 5.06 Å². The van der Waals surface area contributed by atoms with Crippen molar-refractivity contribution >= 4 is 5.76 Å². The van der Waals surface area contributed by atoms with E-state index in [1.54, 1.807) is 5.06 Å². The van der Waals surface area contributed by atoms with Crippen LogP contribution in [-0.4, -0.2) is 17.2 Å². The summed E-state index contributed by atoms with van der Waals surface area (Å²) < 4.78 is 26.6. The molecule has 0 saturated heterocycles. The van der Waals surface area contributed by atoms with Crippen LogP contribution in [0, 0.1) is 0 Å². The van der Waals surface area contributed by atoms with Crippen LogP contribution >= 0.6 is 0 Å². The highest BCUT2D eigenvalue weighted by Crippen LogP contribution is 2.46. The van der Waals surface area contributed by atoms with Crippen molar-refractivity contribution in [3.8, 4) is 0 Å². The molecule has 1 atom stereocenters. The fourth-order valence-corrected chi connectivity index (χ4v) is 5.71. The van der Waals surface area contributed by atoms with Gasteiger partial charge in [0.2, 0.25) is 5.76 Å². The first kappa shape index (κ1) is 30.9. The lowest BCUT2D eigenvalue weighted by atomic mass is 9.92. The normalized spacial score (nSPS) is 16.8. The largest absolute Gasteiger partial charge is 0.486 e. The predicted molar refractivity (Wildman–Crippen MR) is 185 cm³/mol. The smallest absolute Gasteiger partial charge is 0.204 e. The summed E-state index contributed by atoms with van der Waals surface area (Å²) in [5.74, 6) is 2.23. The average molecular weight is 636 g/mol. The first-order valence-electron chi connectivity index (χ1n) is 16.1. The summed E-state index contributed by atoms with van der Waals surface area (Å²) in [7, 11) is 0. The summed E-state index contributed by atoms with van der Waals surface area (Å²) in [4.78, 5) is 6.62. The van der Waals surface area contributed by atoms with Crippen molar-refractivity contribution in [1.29, 1.82) is 0 Å². The monoisotopic (exact) mass is 635 g/mol. The first-order valence-corrected chi connectivity index (χ1v) is 16.1. The minimum Gasteiger partial charge on any atom is -0.486 e. The zero-order chi connectivity index (χ0) is 32.4. The first-order chi connectivity index (χ1) is 23.8. The maximum Gasteiger partial charge on any atom is 0.204 e. The van der Waals surface area contributed by atoms with E-state index in [1.807, 2.05) is 146 Å². The molecule has 48 heavy (non-hydrogen) atoms. The molecule has 0 unspecified atom stereocenters. The van der Waals surface area contributed by atoms with Crippen LogP contribution in [0.15, 0.2) is 181 Å². The fraction of sp³-hybridized carbons (Fsp3) is 0.143. The molecule has 6 nitrogen and oxygen atoms in total. The van der Waals surface area contributed by atoms with Gasteiger partial charge >= 0.3 is 0 Å². The van der Waals surface area contributed by atoms with Crippen molar-refractivity contribution in [2.45, 2.75) is 32.0 Å². The molecule has 0 radical (unpaired) electrons. The highest BCUT2D eigenvalue weighted by atomic mass is 16.7. The molecule has 7 rings (SSSR count). The van der Waals surface area contributed by atoms with E-state index in [0.717, 1.165) is 27.8 Å². The standard InChI is InChI=1S/C42H37NO5/c1-6-16-33(17-7-1)28-44-32-42-26-38(37-24-14-5-15-25-37)48-43(42)27-39(45-29-34-18-8-2-9-19-34)40(46-30-35-20-10-3-11-21-35)41(42)47-31-36-22-12-4-13-23-36/h1-27H,28-32H2/t42-/m1/s1. The molecule has 0 aromatic heterocycles. The van der Waals surface area contributed by atoms with Gasteiger partial charge in [-0.15, -0.1) is 0 Å². The quantitative estimate of drug-likeness (QED) is 0.121. The molecule has 240 valence electrons. The van der Waals surface area contributed by atoms with E-state index >= 15 is 0 Å². The molecule has 2 aliphatic heterocycles. The minimum atomic E-state index is -1.000. The molecule has 2 heterocycles. The summed E-state index contributed by atoms with van der Waals surface area (Å²) in [5, 5.41) is 1.79. The molecule has 0 spiro atoms. The fourth-order valence-electron chi connectivity index (χ4n) is 5.71. The summed E-state index contributed by atoms with van der Waals surface area (Å²) in [5.41, 5.74) is 4.08. The maximum atomic E-state index is 6.84. The lowest BCUT2D eigenvalue weighted by molar-refractivity contribution is -0.127. The molecular weight excluding hydrogens is 598 g/mol. The van der Waals surface area contributed by atoms with Crippen LogP contribution in [0.3, 0.4) is 0 Å². The predicted octanol–water partition coefficient (Wildman–Crippen LogP) is 8.95. The van der Waals surface area contributed by atoms with Gasteiger partial charge in [-0.25, -0.2) is 0 Å². The van der Waals surface area contributed by atoms with Crippen molar-refractivity contribution in [2.24, 2.45) is 0 Å². The Morgan fingerprint density at radius 3 is 1.50 bits per heavy atom. The molecule has 5 aromatic carbocycles. The zero-order valence-corrected chi connectivity index (χ0v) is 26.6. The van der Waals surface area contributed by atoms with Crippen molar-refractivity contribution < 1.29 is 23.8 Å². The third-order valence-electron chi connectivity index (χ3n) is 8.20. The van der Waals surface area contributed by atoms with Gasteiger partial charge in [0, 0.05) is 11.6 Å². The highest BCUT2D eigenvalue weighted by Gasteiger charge is 2.53. The summed E-state index contributed by atoms with van der Waals surface area (Å²) in [6.07, 6.45) is 3.93. The number of benzene rings is 5. The molecule has 0 fully saturated rings. The number of fused-ring (bicyclic) bond motifs is 1. The van der Waals surface area contributed by atoms with E-state index < -0.39 is 5.54 Å². The molecule has 5 aromatic rings. The Bertz CT molecular complexity index is 1860. The second-order valence-corrected chi connectivity index (χ2v) is 11.7. The molecule has 0 bridgehead atoms. The van der Waals surface area contributed by atoms with Gasteiger partial charge in [0.25, 0.3) is 0 Å². The highest BCUT2D eigenvalue weighted by molar-refractivity contribution is 5.65. The number of hydrogen-bond acceptors (Lipinski definition) is 6. The number of rotatable bonds is 14. The van der Waals surface area contributed by atoms with Crippen LogP contribution in [0.1, 0.15) is 27.8 Å². The van der Waals surface area contributed by atoms with E-state index in [-0.39, 0.29) is 6.61 Å². The van der Waals surface area contributed by atoms with Gasteiger partial charge in [0.1, 0.15) is 19.8 Å². The van der Waals surface area contributed by atoms with Gasteiger partial charge in [-0.3, -0.25) is 0 Å². The van der Waals surface area contributed by atoms with E-state index in [2.05, 4.69) is 18.2 Å². The lowest BCUT2D eigenvalue weighted by Crippen LogP contribution is -2.49. The molecule has 2 aliphatic rings. The number of ether oxygens (including phenoxy) is 4. The third kappa shape index (κ3) is 7.14. The summed E-state index contributed by atoms with van der Waals surface area (Å²) in [6.45, 7) is 1.60. The Morgan fingerprint density at radius 2 is 0.958 bits per heavy atom. The second kappa shape index (κ2) is 14.8. The lowest BCUT2D eigenvalue weighted by Gasteiger charge is -2.40. The minimum absolute atomic E-state index is 0.225. The molecule has 0 aliphatic carbocycles. The number of hydrogen-bond donors (Lipinski definition) is 0. The second-order valence-electron chi connectivity index (χ2n) is 11.7. The van der Waals surface area contributed by atoms with Crippen LogP contribution < -0.4 is 0 Å². The summed E-state index contributed by atoms with van der Waals surface area (Å²) >= 11 is 0. The van der Waals surface area contributed by atoms with E-state index in [1.165, 1.54) is 0 Å². The average Bonchev–Trinajstić information content (AvgIpc) is 3.53. The van der Waals surface area contributed by atoms with Crippen LogP contribution in [0.25, 0.3) is 5.76 Å². The van der Waals surface area contributed by atoms with Crippen LogP contribution in [0.5, 0.6) is 0 Å². The van der Waals surface area contributed by atoms with Gasteiger partial charge in [0.05, 0.1) is 19.4 Å². The molecule has 0 saturated carbocycles. The topological polar surface area (TPSA) is 49.4 Å². The van der Waals surface area contributed by atoms with Gasteiger partial charge in [-0.05, 0) is 22.3 Å². The van der Waals surface area contributed by atoms with Gasteiger partial charge in [0.15, 0.2) is 22.8 Å². The Hall–Kier alpha value is -5.72. The van der Waals surface area contributed by atoms with Crippen LogP contribution in [0.2, 0.25) is 0 Å². The Morgan fingerprint density at radius 1 is 0.500 bits per heavy atom. The van der Waals surface area contributed by atoms with E-state index in [4.69, 9.17) is 23.8 Å². The maximum absolute atomic E-state index is 6.84. The van der Waals surface area contributed by atoms with Crippen molar-refractivity contribution in [3.63, 3.8) is 0 Å². The SMILES string of the molecule is C1=C(OCc2ccccc2)C(OCc2ccccc2)=C(OCc2ccccc2)[C@]2(COCc3ccccc3)C=C(c3ccccc3)ON12. The van der Waals surface area contributed by atoms with Crippen LogP contribution in [0.4, 0.5) is 0 Å². The summed E-state index contributed by atoms with van der Waals surface area (Å²) in [6, 6.07) is 50.4. The van der Waals surface area contributed by atoms with E-state index in [9.17, 15) is 0 Å². The Labute approximate surface area is 281 Å². The van der Waals surface area contributed by atoms with Gasteiger partial charge in [-0.1, -0.05) is 152 Å². The molecular formula is C42H37NO5. The molecule has 0 N–H and O–H groups in total. The van der Waals surface area contributed by atoms with Crippen LogP contribution in [-0.2, 0) is 50.2 Å². The Kier molecular flexibility index (Phi) is 9.53.